The van der Waals surface area contributed by atoms with Crippen molar-refractivity contribution in [2.24, 2.45) is 4.99 Å². The number of halogens is 1. The van der Waals surface area contributed by atoms with Crippen LogP contribution in [-0.4, -0.2) is 49.6 Å². The fourth-order valence-electron chi connectivity index (χ4n) is 2.98. The van der Waals surface area contributed by atoms with Gasteiger partial charge in [0.15, 0.2) is 5.96 Å². The van der Waals surface area contributed by atoms with Gasteiger partial charge in [-0.1, -0.05) is 32.4 Å². The van der Waals surface area contributed by atoms with Gasteiger partial charge in [-0.3, -0.25) is 9.79 Å². The first-order chi connectivity index (χ1) is 12.7. The number of rotatable bonds is 8. The molecule has 0 saturated carbocycles. The van der Waals surface area contributed by atoms with Gasteiger partial charge in [-0.2, -0.15) is 0 Å². The number of ether oxygens (including phenoxy) is 1. The molecule has 152 valence electrons. The first kappa shape index (κ1) is 23.5. The van der Waals surface area contributed by atoms with Gasteiger partial charge in [0.1, 0.15) is 5.75 Å². The summed E-state index contributed by atoms with van der Waals surface area (Å²) in [4.78, 5) is 18.0. The number of carbonyl (C=O) groups excluding carboxylic acids is 1. The van der Waals surface area contributed by atoms with Crippen molar-refractivity contribution in [2.75, 3.05) is 26.7 Å². The van der Waals surface area contributed by atoms with Gasteiger partial charge in [-0.15, -0.1) is 24.0 Å². The van der Waals surface area contributed by atoms with E-state index in [1.54, 1.807) is 7.05 Å². The summed E-state index contributed by atoms with van der Waals surface area (Å²) in [6.07, 6.45) is 3.72. The second-order valence-electron chi connectivity index (χ2n) is 6.60. The molecule has 1 aromatic carbocycles. The Hall–Kier alpha value is -1.51. The second-order valence-corrected chi connectivity index (χ2v) is 6.60. The van der Waals surface area contributed by atoms with Gasteiger partial charge in [0.05, 0.1) is 6.61 Å². The summed E-state index contributed by atoms with van der Waals surface area (Å²) in [5.74, 6) is 1.89. The van der Waals surface area contributed by atoms with Crippen LogP contribution in [0.4, 0.5) is 0 Å². The number of benzene rings is 1. The fourth-order valence-corrected chi connectivity index (χ4v) is 2.98. The number of nitrogens with zero attached hydrogens (tertiary/aromatic N) is 2. The number of hydrogen-bond acceptors (Lipinski definition) is 3. The molecule has 1 heterocycles. The number of nitrogens with one attached hydrogen (secondary N) is 2. The molecule has 1 atom stereocenters. The van der Waals surface area contributed by atoms with E-state index >= 15 is 0 Å². The lowest BCUT2D eigenvalue weighted by molar-refractivity contribution is -0.129. The van der Waals surface area contributed by atoms with E-state index in [2.05, 4.69) is 34.7 Å². The molecule has 1 aliphatic heterocycles. The van der Waals surface area contributed by atoms with Crippen LogP contribution in [0.15, 0.2) is 29.3 Å². The average Bonchev–Trinajstić information content (AvgIpc) is 3.13. The van der Waals surface area contributed by atoms with Crippen LogP contribution in [-0.2, 0) is 11.3 Å². The standard InChI is InChI=1S/C20H32N4O2.HI/c1-4-6-12-26-18-9-7-8-16(13-18)14-22-20(21-3)23-17-10-11-24(15-17)19(25)5-2;/h7-9,13,17H,4-6,10-12,14-15H2,1-3H3,(H2,21,22,23);1H. The summed E-state index contributed by atoms with van der Waals surface area (Å²) in [5, 5.41) is 6.76. The minimum atomic E-state index is 0. The minimum absolute atomic E-state index is 0. The summed E-state index contributed by atoms with van der Waals surface area (Å²) in [7, 11) is 1.77. The molecule has 0 aromatic heterocycles. The third kappa shape index (κ3) is 7.94. The maximum Gasteiger partial charge on any atom is 0.222 e. The van der Waals surface area contributed by atoms with Crippen molar-refractivity contribution in [3.63, 3.8) is 0 Å². The zero-order valence-electron chi connectivity index (χ0n) is 16.7. The predicted molar refractivity (Wildman–Crippen MR) is 121 cm³/mol. The Balaban J connectivity index is 0.00000364. The Labute approximate surface area is 180 Å². The second kappa shape index (κ2) is 12.8. The molecule has 0 radical (unpaired) electrons. The molecule has 1 amide bonds. The van der Waals surface area contributed by atoms with E-state index in [1.807, 2.05) is 24.0 Å². The van der Waals surface area contributed by atoms with E-state index in [9.17, 15) is 4.79 Å². The Kier molecular flexibility index (Phi) is 11.2. The summed E-state index contributed by atoms with van der Waals surface area (Å²) in [6.45, 7) is 7.06. The third-order valence-electron chi connectivity index (χ3n) is 4.53. The van der Waals surface area contributed by atoms with E-state index in [4.69, 9.17) is 4.74 Å². The van der Waals surface area contributed by atoms with Crippen LogP contribution in [0, 0.1) is 0 Å². The number of guanidine groups is 1. The van der Waals surface area contributed by atoms with Crippen molar-refractivity contribution in [3.05, 3.63) is 29.8 Å². The Morgan fingerprint density at radius 1 is 1.37 bits per heavy atom. The zero-order chi connectivity index (χ0) is 18.8. The molecule has 2 N–H and O–H groups in total. The Morgan fingerprint density at radius 3 is 2.89 bits per heavy atom. The molecule has 7 heteroatoms. The molecule has 0 bridgehead atoms. The van der Waals surface area contributed by atoms with E-state index in [0.717, 1.165) is 56.2 Å². The molecule has 1 aromatic rings. The van der Waals surface area contributed by atoms with Crippen LogP contribution in [0.5, 0.6) is 5.75 Å². The first-order valence-corrected chi connectivity index (χ1v) is 9.63. The van der Waals surface area contributed by atoms with Crippen LogP contribution in [0.3, 0.4) is 0 Å². The molecular formula is C20H33IN4O2. The lowest BCUT2D eigenvalue weighted by Gasteiger charge is -2.19. The quantitative estimate of drug-likeness (QED) is 0.256. The molecular weight excluding hydrogens is 455 g/mol. The zero-order valence-corrected chi connectivity index (χ0v) is 19.0. The number of likely N-dealkylation sites (tertiary alicyclic amines) is 1. The lowest BCUT2D eigenvalue weighted by Crippen LogP contribution is -2.44. The van der Waals surface area contributed by atoms with Crippen molar-refractivity contribution < 1.29 is 9.53 Å². The Morgan fingerprint density at radius 2 is 2.19 bits per heavy atom. The molecule has 6 nitrogen and oxygen atoms in total. The average molecular weight is 488 g/mol. The van der Waals surface area contributed by atoms with Crippen LogP contribution >= 0.6 is 24.0 Å². The molecule has 1 unspecified atom stereocenters. The number of hydrogen-bond donors (Lipinski definition) is 2. The third-order valence-corrected chi connectivity index (χ3v) is 4.53. The summed E-state index contributed by atoms with van der Waals surface area (Å²) >= 11 is 0. The van der Waals surface area contributed by atoms with Crippen LogP contribution in [0.1, 0.15) is 45.1 Å². The number of amides is 1. The van der Waals surface area contributed by atoms with Gasteiger partial charge >= 0.3 is 0 Å². The minimum Gasteiger partial charge on any atom is -0.494 e. The van der Waals surface area contributed by atoms with Crippen LogP contribution < -0.4 is 15.4 Å². The van der Waals surface area contributed by atoms with Crippen molar-refractivity contribution >= 4 is 35.8 Å². The number of aliphatic imine (C=N–C) groups is 1. The SMILES string of the molecule is CCCCOc1cccc(CNC(=NC)NC2CCN(C(=O)CC)C2)c1.I. The lowest BCUT2D eigenvalue weighted by atomic mass is 10.2. The molecule has 1 saturated heterocycles. The van der Waals surface area contributed by atoms with E-state index in [0.29, 0.717) is 13.0 Å². The highest BCUT2D eigenvalue weighted by atomic mass is 127. The van der Waals surface area contributed by atoms with Gasteiger partial charge in [0.25, 0.3) is 0 Å². The topological polar surface area (TPSA) is 66.0 Å². The van der Waals surface area contributed by atoms with E-state index in [1.165, 1.54) is 0 Å². The van der Waals surface area contributed by atoms with Crippen molar-refractivity contribution in [2.45, 2.75) is 52.1 Å². The molecule has 27 heavy (non-hydrogen) atoms. The van der Waals surface area contributed by atoms with Crippen molar-refractivity contribution in [1.29, 1.82) is 0 Å². The normalized spacial score (nSPS) is 16.6. The van der Waals surface area contributed by atoms with Gasteiger partial charge in [-0.05, 0) is 30.5 Å². The monoisotopic (exact) mass is 488 g/mol. The van der Waals surface area contributed by atoms with Crippen molar-refractivity contribution in [3.8, 4) is 5.75 Å². The smallest absolute Gasteiger partial charge is 0.222 e. The highest BCUT2D eigenvalue weighted by Gasteiger charge is 2.25. The molecule has 0 aliphatic carbocycles. The van der Waals surface area contributed by atoms with E-state index < -0.39 is 0 Å². The summed E-state index contributed by atoms with van der Waals surface area (Å²) < 4.78 is 5.76. The highest BCUT2D eigenvalue weighted by molar-refractivity contribution is 14.0. The van der Waals surface area contributed by atoms with Gasteiger partial charge in [0, 0.05) is 39.1 Å². The number of carbonyl (C=O) groups is 1. The molecule has 1 aliphatic rings. The largest absolute Gasteiger partial charge is 0.494 e. The van der Waals surface area contributed by atoms with Crippen LogP contribution in [0.2, 0.25) is 0 Å². The maximum absolute atomic E-state index is 11.8. The summed E-state index contributed by atoms with van der Waals surface area (Å²) in [5.41, 5.74) is 1.15. The van der Waals surface area contributed by atoms with E-state index in [-0.39, 0.29) is 35.9 Å². The number of unbranched alkanes of at least 4 members (excludes halogenated alkanes) is 1. The highest BCUT2D eigenvalue weighted by Crippen LogP contribution is 2.14. The fraction of sp³-hybridized carbons (Fsp3) is 0.600. The van der Waals surface area contributed by atoms with Crippen molar-refractivity contribution in [1.82, 2.24) is 15.5 Å². The van der Waals surface area contributed by atoms with Gasteiger partial charge < -0.3 is 20.3 Å². The molecule has 0 spiro atoms. The van der Waals surface area contributed by atoms with Gasteiger partial charge in [0.2, 0.25) is 5.91 Å². The molecule has 1 fully saturated rings. The van der Waals surface area contributed by atoms with Crippen LogP contribution in [0.25, 0.3) is 0 Å². The molecule has 2 rings (SSSR count). The first-order valence-electron chi connectivity index (χ1n) is 9.63. The summed E-state index contributed by atoms with van der Waals surface area (Å²) in [6, 6.07) is 8.39. The van der Waals surface area contributed by atoms with Gasteiger partial charge in [-0.25, -0.2) is 0 Å². The maximum atomic E-state index is 11.8. The predicted octanol–water partition coefficient (Wildman–Crippen LogP) is 3.16. The Bertz CT molecular complexity index is 609.